The zero-order valence-electron chi connectivity index (χ0n) is 13.6. The molecule has 1 aromatic carbocycles. The van der Waals surface area contributed by atoms with E-state index in [4.69, 9.17) is 0 Å². The van der Waals surface area contributed by atoms with E-state index in [-0.39, 0.29) is 18.1 Å². The van der Waals surface area contributed by atoms with E-state index in [2.05, 4.69) is 29.0 Å². The molecule has 1 heterocycles. The number of amides is 2. The van der Waals surface area contributed by atoms with Crippen molar-refractivity contribution >= 4 is 6.03 Å². The molecule has 2 rings (SSSR count). The number of carbonyl (C=O) groups excluding carboxylic acids is 1. The van der Waals surface area contributed by atoms with Gasteiger partial charge in [-0.05, 0) is 32.3 Å². The minimum atomic E-state index is -0.0743. The fourth-order valence-corrected chi connectivity index (χ4v) is 2.87. The van der Waals surface area contributed by atoms with E-state index in [1.165, 1.54) is 5.57 Å². The predicted octanol–water partition coefficient (Wildman–Crippen LogP) is 3.09. The molecule has 0 saturated carbocycles. The van der Waals surface area contributed by atoms with E-state index in [0.29, 0.717) is 0 Å². The van der Waals surface area contributed by atoms with Gasteiger partial charge in [0.1, 0.15) is 0 Å². The number of hydrogen-bond acceptors (Lipinski definition) is 2. The van der Waals surface area contributed by atoms with E-state index in [0.717, 1.165) is 38.0 Å². The minimum Gasteiger partial charge on any atom is -0.335 e. The van der Waals surface area contributed by atoms with Gasteiger partial charge in [0, 0.05) is 25.7 Å². The van der Waals surface area contributed by atoms with Crippen molar-refractivity contribution in [1.29, 1.82) is 0 Å². The quantitative estimate of drug-likeness (QED) is 0.821. The van der Waals surface area contributed by atoms with Gasteiger partial charge in [0.15, 0.2) is 0 Å². The number of nitrogens with zero attached hydrogens (tertiary/aromatic N) is 1. The summed E-state index contributed by atoms with van der Waals surface area (Å²) in [5.41, 5.74) is 2.31. The fourth-order valence-electron chi connectivity index (χ4n) is 2.87. The summed E-state index contributed by atoms with van der Waals surface area (Å²) in [5.74, 6) is 0. The molecule has 1 unspecified atom stereocenters. The lowest BCUT2D eigenvalue weighted by Crippen LogP contribution is -2.48. The first-order valence-corrected chi connectivity index (χ1v) is 8.03. The topological polar surface area (TPSA) is 44.4 Å². The number of hydrogen-bond donors (Lipinski definition) is 2. The molecule has 4 heteroatoms. The smallest absolute Gasteiger partial charge is 0.315 e. The second kappa shape index (κ2) is 7.99. The maximum Gasteiger partial charge on any atom is 0.315 e. The summed E-state index contributed by atoms with van der Waals surface area (Å²) in [6.07, 6.45) is 2.00. The molecule has 0 bridgehead atoms. The monoisotopic (exact) mass is 301 g/mol. The third-order valence-corrected chi connectivity index (χ3v) is 4.06. The van der Waals surface area contributed by atoms with E-state index in [9.17, 15) is 4.79 Å². The van der Waals surface area contributed by atoms with E-state index in [1.807, 2.05) is 37.3 Å². The van der Waals surface area contributed by atoms with Crippen molar-refractivity contribution < 1.29 is 4.79 Å². The van der Waals surface area contributed by atoms with Crippen LogP contribution >= 0.6 is 0 Å². The number of carbonyl (C=O) groups is 1. The van der Waals surface area contributed by atoms with Crippen molar-refractivity contribution in [1.82, 2.24) is 15.5 Å². The summed E-state index contributed by atoms with van der Waals surface area (Å²) >= 11 is 0. The average molecular weight is 301 g/mol. The molecule has 1 fully saturated rings. The lowest BCUT2D eigenvalue weighted by atomic mass is 10.0. The summed E-state index contributed by atoms with van der Waals surface area (Å²) < 4.78 is 0. The molecule has 2 N–H and O–H groups in total. The predicted molar refractivity (Wildman–Crippen MR) is 90.8 cm³/mol. The van der Waals surface area contributed by atoms with Crippen LogP contribution in [-0.4, -0.2) is 36.6 Å². The van der Waals surface area contributed by atoms with Crippen molar-refractivity contribution in [2.75, 3.05) is 19.6 Å². The maximum atomic E-state index is 12.1. The highest BCUT2D eigenvalue weighted by Gasteiger charge is 2.21. The molecule has 1 atom stereocenters. The summed E-state index contributed by atoms with van der Waals surface area (Å²) in [7, 11) is 0. The molecule has 0 radical (unpaired) electrons. The number of urea groups is 1. The van der Waals surface area contributed by atoms with Crippen LogP contribution in [0.25, 0.3) is 0 Å². The molecule has 0 spiro atoms. The van der Waals surface area contributed by atoms with Crippen LogP contribution in [0.2, 0.25) is 0 Å². The second-order valence-electron chi connectivity index (χ2n) is 6.26. The Balaban J connectivity index is 1.73. The van der Waals surface area contributed by atoms with Gasteiger partial charge in [-0.1, -0.05) is 42.5 Å². The lowest BCUT2D eigenvalue weighted by molar-refractivity contribution is 0.200. The first-order valence-electron chi connectivity index (χ1n) is 8.03. The molecule has 22 heavy (non-hydrogen) atoms. The van der Waals surface area contributed by atoms with Gasteiger partial charge in [0.2, 0.25) is 0 Å². The first-order chi connectivity index (χ1) is 10.5. The Kier molecular flexibility index (Phi) is 6.01. The highest BCUT2D eigenvalue weighted by Crippen LogP contribution is 2.13. The summed E-state index contributed by atoms with van der Waals surface area (Å²) in [5, 5.41) is 6.10. The molecule has 1 aliphatic heterocycles. The SMILES string of the molecule is C=C(C)CN1CCC(NC(=O)NC(C)c2ccccc2)CC1. The third kappa shape index (κ3) is 5.19. The Hall–Kier alpha value is -1.81. The van der Waals surface area contributed by atoms with E-state index >= 15 is 0 Å². The number of benzene rings is 1. The Bertz CT molecular complexity index is 492. The number of rotatable bonds is 5. The van der Waals surface area contributed by atoms with Crippen molar-refractivity contribution in [2.24, 2.45) is 0 Å². The highest BCUT2D eigenvalue weighted by atomic mass is 16.2. The largest absolute Gasteiger partial charge is 0.335 e. The summed E-state index contributed by atoms with van der Waals surface area (Å²) in [4.78, 5) is 14.5. The molecule has 0 aliphatic carbocycles. The van der Waals surface area contributed by atoms with E-state index < -0.39 is 0 Å². The zero-order chi connectivity index (χ0) is 15.9. The first kappa shape index (κ1) is 16.6. The minimum absolute atomic E-state index is 0.0182. The van der Waals surface area contributed by atoms with Gasteiger partial charge < -0.3 is 10.6 Å². The van der Waals surface area contributed by atoms with Crippen molar-refractivity contribution in [3.05, 3.63) is 48.0 Å². The van der Waals surface area contributed by atoms with Crippen LogP contribution in [0.4, 0.5) is 4.79 Å². The molecular formula is C18H27N3O. The van der Waals surface area contributed by atoms with Crippen LogP contribution < -0.4 is 10.6 Å². The van der Waals surface area contributed by atoms with Gasteiger partial charge in [0.05, 0.1) is 6.04 Å². The van der Waals surface area contributed by atoms with Gasteiger partial charge in [-0.15, -0.1) is 0 Å². The Morgan fingerprint density at radius 1 is 1.32 bits per heavy atom. The van der Waals surface area contributed by atoms with Gasteiger partial charge in [-0.25, -0.2) is 4.79 Å². The van der Waals surface area contributed by atoms with Crippen molar-refractivity contribution in [2.45, 2.75) is 38.8 Å². The van der Waals surface area contributed by atoms with Crippen LogP contribution in [0.1, 0.15) is 38.3 Å². The van der Waals surface area contributed by atoms with Gasteiger partial charge in [-0.2, -0.15) is 0 Å². The van der Waals surface area contributed by atoms with Crippen molar-refractivity contribution in [3.8, 4) is 0 Å². The van der Waals surface area contributed by atoms with Crippen molar-refractivity contribution in [3.63, 3.8) is 0 Å². The molecule has 1 saturated heterocycles. The number of nitrogens with one attached hydrogen (secondary N) is 2. The summed E-state index contributed by atoms with van der Waals surface area (Å²) in [6.45, 7) is 11.0. The molecular weight excluding hydrogens is 274 g/mol. The average Bonchev–Trinajstić information content (AvgIpc) is 2.49. The molecule has 2 amide bonds. The van der Waals surface area contributed by atoms with Crippen LogP contribution in [0.3, 0.4) is 0 Å². The zero-order valence-corrected chi connectivity index (χ0v) is 13.6. The Labute approximate surface area is 133 Å². The van der Waals surface area contributed by atoms with Crippen LogP contribution in [-0.2, 0) is 0 Å². The Morgan fingerprint density at radius 3 is 2.55 bits per heavy atom. The number of likely N-dealkylation sites (tertiary alicyclic amines) is 1. The maximum absolute atomic E-state index is 12.1. The molecule has 1 aliphatic rings. The van der Waals surface area contributed by atoms with Gasteiger partial charge in [-0.3, -0.25) is 4.90 Å². The Morgan fingerprint density at radius 2 is 1.95 bits per heavy atom. The van der Waals surface area contributed by atoms with Crippen LogP contribution in [0, 0.1) is 0 Å². The second-order valence-corrected chi connectivity index (χ2v) is 6.26. The molecule has 0 aromatic heterocycles. The highest BCUT2D eigenvalue weighted by molar-refractivity contribution is 5.74. The molecule has 4 nitrogen and oxygen atoms in total. The normalized spacial score (nSPS) is 17.7. The van der Waals surface area contributed by atoms with Crippen LogP contribution in [0.15, 0.2) is 42.5 Å². The summed E-state index contributed by atoms with van der Waals surface area (Å²) in [6, 6.07) is 10.2. The standard InChI is InChI=1S/C18H27N3O/c1-14(2)13-21-11-9-17(10-12-21)20-18(22)19-15(3)16-7-5-4-6-8-16/h4-8,15,17H,1,9-13H2,2-3H3,(H2,19,20,22). The van der Waals surface area contributed by atoms with Gasteiger partial charge >= 0.3 is 6.03 Å². The fraction of sp³-hybridized carbons (Fsp3) is 0.500. The molecule has 1 aromatic rings. The molecule has 120 valence electrons. The number of piperidine rings is 1. The van der Waals surface area contributed by atoms with E-state index in [1.54, 1.807) is 0 Å². The third-order valence-electron chi connectivity index (χ3n) is 4.06. The lowest BCUT2D eigenvalue weighted by Gasteiger charge is -2.32. The van der Waals surface area contributed by atoms with Crippen LogP contribution in [0.5, 0.6) is 0 Å². The van der Waals surface area contributed by atoms with Gasteiger partial charge in [0.25, 0.3) is 0 Å².